The molecule has 0 saturated carbocycles. The molecule has 0 aliphatic carbocycles. The summed E-state index contributed by atoms with van der Waals surface area (Å²) >= 11 is 0. The van der Waals surface area contributed by atoms with E-state index < -0.39 is 5.67 Å². The molecule has 12 heavy (non-hydrogen) atoms. The largest absolute Gasteiger partial charge is 0.445 e. The van der Waals surface area contributed by atoms with Crippen molar-refractivity contribution in [2.75, 3.05) is 6.54 Å². The summed E-state index contributed by atoms with van der Waals surface area (Å²) in [4.78, 5) is 3.95. The normalized spacial score (nSPS) is 12.0. The first-order valence-electron chi connectivity index (χ1n) is 3.88. The van der Waals surface area contributed by atoms with Gasteiger partial charge in [-0.25, -0.2) is 9.37 Å². The summed E-state index contributed by atoms with van der Waals surface area (Å²) in [5, 5.41) is 0. The van der Waals surface area contributed by atoms with Crippen molar-refractivity contribution >= 4 is 0 Å². The van der Waals surface area contributed by atoms with Crippen molar-refractivity contribution in [2.45, 2.75) is 25.9 Å². The van der Waals surface area contributed by atoms with Crippen LogP contribution in [0.5, 0.6) is 0 Å². The fourth-order valence-electron chi connectivity index (χ4n) is 0.843. The summed E-state index contributed by atoms with van der Waals surface area (Å²) in [5.74, 6) is 0.117. The number of oxazole rings is 1. The van der Waals surface area contributed by atoms with Crippen molar-refractivity contribution in [1.82, 2.24) is 4.98 Å². The number of halogens is 1. The molecule has 0 spiro atoms. The van der Waals surface area contributed by atoms with E-state index in [0.717, 1.165) is 0 Å². The Bertz CT molecular complexity index is 252. The Balaban J connectivity index is 2.77. The standard InChI is InChI=1S/C8H13FN2O/c1-8(2,9)7-11-6(3-4-10)5-12-7/h5H,3-4,10H2,1-2H3. The molecule has 0 atom stereocenters. The van der Waals surface area contributed by atoms with Crippen LogP contribution in [0.15, 0.2) is 10.7 Å². The zero-order valence-corrected chi connectivity index (χ0v) is 7.30. The second-order valence-corrected chi connectivity index (χ2v) is 3.16. The SMILES string of the molecule is CC(C)(F)c1nc(CCN)co1. The van der Waals surface area contributed by atoms with Gasteiger partial charge in [0.25, 0.3) is 0 Å². The summed E-state index contributed by atoms with van der Waals surface area (Å²) < 4.78 is 18.1. The average molecular weight is 172 g/mol. The molecule has 0 unspecified atom stereocenters. The van der Waals surface area contributed by atoms with Crippen LogP contribution in [0.3, 0.4) is 0 Å². The zero-order chi connectivity index (χ0) is 9.19. The lowest BCUT2D eigenvalue weighted by molar-refractivity contribution is 0.170. The maximum atomic E-state index is 13.2. The van der Waals surface area contributed by atoms with E-state index in [-0.39, 0.29) is 5.89 Å². The van der Waals surface area contributed by atoms with Crippen LogP contribution in [0, 0.1) is 0 Å². The van der Waals surface area contributed by atoms with Crippen LogP contribution in [0.2, 0.25) is 0 Å². The molecule has 4 heteroatoms. The van der Waals surface area contributed by atoms with E-state index in [1.807, 2.05) is 0 Å². The molecular formula is C8H13FN2O. The highest BCUT2D eigenvalue weighted by Crippen LogP contribution is 2.23. The van der Waals surface area contributed by atoms with Crippen molar-refractivity contribution < 1.29 is 8.81 Å². The smallest absolute Gasteiger partial charge is 0.231 e. The quantitative estimate of drug-likeness (QED) is 0.749. The van der Waals surface area contributed by atoms with Crippen LogP contribution in [0.4, 0.5) is 4.39 Å². The summed E-state index contributed by atoms with van der Waals surface area (Å²) in [7, 11) is 0. The molecule has 0 radical (unpaired) electrons. The van der Waals surface area contributed by atoms with Gasteiger partial charge in [-0.05, 0) is 20.4 Å². The molecule has 1 aromatic heterocycles. The highest BCUT2D eigenvalue weighted by atomic mass is 19.1. The molecule has 0 aliphatic heterocycles. The monoisotopic (exact) mass is 172 g/mol. The van der Waals surface area contributed by atoms with Gasteiger partial charge in [0.15, 0.2) is 5.67 Å². The number of hydrogen-bond acceptors (Lipinski definition) is 3. The lowest BCUT2D eigenvalue weighted by Gasteiger charge is -2.06. The fraction of sp³-hybridized carbons (Fsp3) is 0.625. The van der Waals surface area contributed by atoms with E-state index in [1.54, 1.807) is 0 Å². The van der Waals surface area contributed by atoms with Gasteiger partial charge in [-0.2, -0.15) is 0 Å². The third-order valence-electron chi connectivity index (χ3n) is 1.46. The number of hydrogen-bond donors (Lipinski definition) is 1. The highest BCUT2D eigenvalue weighted by Gasteiger charge is 2.24. The van der Waals surface area contributed by atoms with E-state index >= 15 is 0 Å². The molecule has 1 aromatic rings. The van der Waals surface area contributed by atoms with Crippen molar-refractivity contribution in [3.05, 3.63) is 17.8 Å². The van der Waals surface area contributed by atoms with Gasteiger partial charge in [-0.1, -0.05) is 0 Å². The molecule has 0 aromatic carbocycles. The Morgan fingerprint density at radius 1 is 1.67 bits per heavy atom. The van der Waals surface area contributed by atoms with Crippen molar-refractivity contribution in [2.24, 2.45) is 5.73 Å². The molecule has 68 valence electrons. The van der Waals surface area contributed by atoms with Crippen LogP contribution in [0.1, 0.15) is 25.4 Å². The van der Waals surface area contributed by atoms with E-state index in [1.165, 1.54) is 20.1 Å². The van der Waals surface area contributed by atoms with Crippen LogP contribution >= 0.6 is 0 Å². The lowest BCUT2D eigenvalue weighted by Crippen LogP contribution is -2.10. The molecule has 0 fully saturated rings. The predicted octanol–water partition coefficient (Wildman–Crippen LogP) is 1.38. The van der Waals surface area contributed by atoms with E-state index in [0.29, 0.717) is 18.7 Å². The van der Waals surface area contributed by atoms with Gasteiger partial charge in [0.05, 0.1) is 5.69 Å². The van der Waals surface area contributed by atoms with E-state index in [4.69, 9.17) is 10.2 Å². The van der Waals surface area contributed by atoms with E-state index in [9.17, 15) is 4.39 Å². The van der Waals surface area contributed by atoms with Crippen LogP contribution in [-0.4, -0.2) is 11.5 Å². The van der Waals surface area contributed by atoms with Crippen molar-refractivity contribution in [1.29, 1.82) is 0 Å². The number of rotatable bonds is 3. The van der Waals surface area contributed by atoms with Crippen LogP contribution in [-0.2, 0) is 12.1 Å². The number of nitrogens with zero attached hydrogens (tertiary/aromatic N) is 1. The maximum Gasteiger partial charge on any atom is 0.231 e. The summed E-state index contributed by atoms with van der Waals surface area (Å²) in [6.45, 7) is 3.31. The topological polar surface area (TPSA) is 52.0 Å². The molecule has 0 amide bonds. The Morgan fingerprint density at radius 3 is 2.75 bits per heavy atom. The Kier molecular flexibility index (Phi) is 2.47. The minimum Gasteiger partial charge on any atom is -0.445 e. The molecule has 1 heterocycles. The number of alkyl halides is 1. The molecular weight excluding hydrogens is 159 g/mol. The Hall–Kier alpha value is -0.900. The van der Waals surface area contributed by atoms with Crippen LogP contribution < -0.4 is 5.73 Å². The first kappa shape index (κ1) is 9.19. The van der Waals surface area contributed by atoms with E-state index in [2.05, 4.69) is 4.98 Å². The molecule has 0 aliphatic rings. The minimum absolute atomic E-state index is 0.117. The summed E-state index contributed by atoms with van der Waals surface area (Å²) in [5.41, 5.74) is 4.50. The van der Waals surface area contributed by atoms with Gasteiger partial charge in [-0.3, -0.25) is 0 Å². The second kappa shape index (κ2) is 3.23. The third-order valence-corrected chi connectivity index (χ3v) is 1.46. The van der Waals surface area contributed by atoms with Gasteiger partial charge in [-0.15, -0.1) is 0 Å². The Labute approximate surface area is 70.8 Å². The first-order chi connectivity index (χ1) is 5.54. The summed E-state index contributed by atoms with van der Waals surface area (Å²) in [6.07, 6.45) is 2.07. The fourth-order valence-corrected chi connectivity index (χ4v) is 0.843. The van der Waals surface area contributed by atoms with Gasteiger partial charge in [0.1, 0.15) is 6.26 Å². The lowest BCUT2D eigenvalue weighted by atomic mass is 10.2. The molecule has 0 saturated heterocycles. The molecule has 3 nitrogen and oxygen atoms in total. The highest BCUT2D eigenvalue weighted by molar-refractivity contribution is 5.01. The number of aromatic nitrogens is 1. The average Bonchev–Trinajstić information content (AvgIpc) is 2.35. The molecule has 2 N–H and O–H groups in total. The van der Waals surface area contributed by atoms with Gasteiger partial charge >= 0.3 is 0 Å². The molecule has 1 rings (SSSR count). The summed E-state index contributed by atoms with van der Waals surface area (Å²) in [6, 6.07) is 0. The first-order valence-corrected chi connectivity index (χ1v) is 3.88. The maximum absolute atomic E-state index is 13.2. The van der Waals surface area contributed by atoms with Crippen molar-refractivity contribution in [3.63, 3.8) is 0 Å². The second-order valence-electron chi connectivity index (χ2n) is 3.16. The van der Waals surface area contributed by atoms with Gasteiger partial charge in [0, 0.05) is 6.42 Å². The van der Waals surface area contributed by atoms with Gasteiger partial charge < -0.3 is 10.2 Å². The zero-order valence-electron chi connectivity index (χ0n) is 7.30. The Morgan fingerprint density at radius 2 is 2.33 bits per heavy atom. The molecule has 0 bridgehead atoms. The van der Waals surface area contributed by atoms with Gasteiger partial charge in [0.2, 0.25) is 5.89 Å². The van der Waals surface area contributed by atoms with Crippen molar-refractivity contribution in [3.8, 4) is 0 Å². The van der Waals surface area contributed by atoms with Crippen LogP contribution in [0.25, 0.3) is 0 Å². The number of nitrogens with two attached hydrogens (primary N) is 1. The predicted molar refractivity (Wildman–Crippen MR) is 43.4 cm³/mol. The minimum atomic E-state index is -1.51. The third kappa shape index (κ3) is 2.04.